The summed E-state index contributed by atoms with van der Waals surface area (Å²) in [5.41, 5.74) is 6.78. The lowest BCUT2D eigenvalue weighted by atomic mass is 10.2. The Balaban J connectivity index is 2.60. The molecule has 80 valence electrons. The van der Waals surface area contributed by atoms with E-state index in [0.717, 1.165) is 5.56 Å². The Morgan fingerprint density at radius 2 is 2.20 bits per heavy atom. The van der Waals surface area contributed by atoms with Gasteiger partial charge in [0.25, 0.3) is 0 Å². The fourth-order valence-corrected chi connectivity index (χ4v) is 1.40. The summed E-state index contributed by atoms with van der Waals surface area (Å²) < 4.78 is 13.0. The van der Waals surface area contributed by atoms with Gasteiger partial charge in [0.2, 0.25) is 0 Å². The molecule has 0 aromatic heterocycles. The van der Waals surface area contributed by atoms with Gasteiger partial charge in [0.1, 0.15) is 5.82 Å². The highest BCUT2D eigenvalue weighted by atomic mass is 19.1. The number of nitrogens with two attached hydrogens (primary N) is 1. The molecule has 0 fully saturated rings. The average molecular weight is 207 g/mol. The van der Waals surface area contributed by atoms with Gasteiger partial charge in [0.15, 0.2) is 0 Å². The largest absolute Gasteiger partial charge is 0.399 e. The molecule has 0 amide bonds. The zero-order valence-electron chi connectivity index (χ0n) is 8.70. The lowest BCUT2D eigenvalue weighted by Gasteiger charge is -2.15. The number of hydrogen-bond acceptors (Lipinski definition) is 3. The van der Waals surface area contributed by atoms with Crippen molar-refractivity contribution in [1.82, 2.24) is 4.90 Å². The van der Waals surface area contributed by atoms with Crippen molar-refractivity contribution >= 4 is 5.69 Å². The van der Waals surface area contributed by atoms with Crippen molar-refractivity contribution in [2.24, 2.45) is 0 Å². The van der Waals surface area contributed by atoms with E-state index in [9.17, 15) is 4.39 Å². The molecule has 0 saturated carbocycles. The molecule has 0 radical (unpaired) electrons. The van der Waals surface area contributed by atoms with Crippen LogP contribution in [0.5, 0.6) is 0 Å². The first-order valence-electron chi connectivity index (χ1n) is 4.72. The standard InChI is InChI=1S/C11H14FN3/c1-15(4-2-3-13)8-9-5-10(12)7-11(14)6-9/h5-7H,2,4,8,14H2,1H3. The molecular weight excluding hydrogens is 193 g/mol. The molecule has 0 heterocycles. The summed E-state index contributed by atoms with van der Waals surface area (Å²) in [4.78, 5) is 1.96. The van der Waals surface area contributed by atoms with Gasteiger partial charge in [-0.2, -0.15) is 5.26 Å². The van der Waals surface area contributed by atoms with E-state index in [1.165, 1.54) is 12.1 Å². The van der Waals surface area contributed by atoms with Crippen molar-refractivity contribution in [2.75, 3.05) is 19.3 Å². The molecule has 0 aliphatic heterocycles. The van der Waals surface area contributed by atoms with Gasteiger partial charge >= 0.3 is 0 Å². The van der Waals surface area contributed by atoms with E-state index in [0.29, 0.717) is 25.2 Å². The van der Waals surface area contributed by atoms with Gasteiger partial charge in [-0.05, 0) is 30.8 Å². The maximum atomic E-state index is 13.0. The van der Waals surface area contributed by atoms with Crippen LogP contribution in [0.25, 0.3) is 0 Å². The third kappa shape index (κ3) is 3.96. The quantitative estimate of drug-likeness (QED) is 0.765. The van der Waals surface area contributed by atoms with E-state index in [2.05, 4.69) is 6.07 Å². The number of rotatable bonds is 4. The second kappa shape index (κ2) is 5.32. The van der Waals surface area contributed by atoms with Crippen molar-refractivity contribution in [3.8, 4) is 6.07 Å². The monoisotopic (exact) mass is 207 g/mol. The van der Waals surface area contributed by atoms with Gasteiger partial charge in [-0.25, -0.2) is 4.39 Å². The highest BCUT2D eigenvalue weighted by Crippen LogP contribution is 2.12. The molecule has 4 heteroatoms. The Labute approximate surface area is 88.9 Å². The number of nitrogen functional groups attached to an aromatic ring is 1. The highest BCUT2D eigenvalue weighted by molar-refractivity contribution is 5.41. The zero-order valence-corrected chi connectivity index (χ0v) is 8.70. The molecule has 0 bridgehead atoms. The van der Waals surface area contributed by atoms with E-state index in [-0.39, 0.29) is 5.82 Å². The molecular formula is C11H14FN3. The second-order valence-corrected chi connectivity index (χ2v) is 3.54. The van der Waals surface area contributed by atoms with Gasteiger partial charge in [0.05, 0.1) is 6.07 Å². The molecule has 2 N–H and O–H groups in total. The van der Waals surface area contributed by atoms with E-state index < -0.39 is 0 Å². The number of hydrogen-bond donors (Lipinski definition) is 1. The van der Waals surface area contributed by atoms with Gasteiger partial charge in [-0.15, -0.1) is 0 Å². The lowest BCUT2D eigenvalue weighted by Crippen LogP contribution is -2.18. The minimum Gasteiger partial charge on any atom is -0.399 e. The van der Waals surface area contributed by atoms with Crippen LogP contribution in [0, 0.1) is 17.1 Å². The zero-order chi connectivity index (χ0) is 11.3. The number of benzene rings is 1. The molecule has 0 aliphatic rings. The summed E-state index contributed by atoms with van der Waals surface area (Å²) >= 11 is 0. The fourth-order valence-electron chi connectivity index (χ4n) is 1.40. The first-order valence-corrected chi connectivity index (χ1v) is 4.72. The van der Waals surface area contributed by atoms with Crippen LogP contribution in [-0.4, -0.2) is 18.5 Å². The van der Waals surface area contributed by atoms with Gasteiger partial charge < -0.3 is 10.6 Å². The van der Waals surface area contributed by atoms with Crippen molar-refractivity contribution in [3.63, 3.8) is 0 Å². The van der Waals surface area contributed by atoms with Gasteiger partial charge in [-0.3, -0.25) is 0 Å². The van der Waals surface area contributed by atoms with Crippen LogP contribution in [-0.2, 0) is 6.54 Å². The van der Waals surface area contributed by atoms with Crippen molar-refractivity contribution in [1.29, 1.82) is 5.26 Å². The lowest BCUT2D eigenvalue weighted by molar-refractivity contribution is 0.334. The minimum absolute atomic E-state index is 0.321. The van der Waals surface area contributed by atoms with Crippen LogP contribution in [0.3, 0.4) is 0 Å². The van der Waals surface area contributed by atoms with Crippen LogP contribution < -0.4 is 5.73 Å². The summed E-state index contributed by atoms with van der Waals surface area (Å²) in [6.45, 7) is 1.27. The number of halogens is 1. The number of nitrogens with zero attached hydrogens (tertiary/aromatic N) is 2. The van der Waals surface area contributed by atoms with Gasteiger partial charge in [-0.1, -0.05) is 0 Å². The van der Waals surface area contributed by atoms with Crippen LogP contribution in [0.2, 0.25) is 0 Å². The number of nitriles is 1. The van der Waals surface area contributed by atoms with Crippen LogP contribution in [0.4, 0.5) is 10.1 Å². The highest BCUT2D eigenvalue weighted by Gasteiger charge is 2.02. The maximum Gasteiger partial charge on any atom is 0.125 e. The molecule has 0 unspecified atom stereocenters. The normalized spacial score (nSPS) is 10.3. The summed E-state index contributed by atoms with van der Waals surface area (Å²) in [7, 11) is 1.89. The molecule has 0 atom stereocenters. The van der Waals surface area contributed by atoms with Gasteiger partial charge in [0, 0.05) is 25.2 Å². The van der Waals surface area contributed by atoms with Crippen LogP contribution in [0.1, 0.15) is 12.0 Å². The second-order valence-electron chi connectivity index (χ2n) is 3.54. The topological polar surface area (TPSA) is 53.0 Å². The Morgan fingerprint density at radius 1 is 1.47 bits per heavy atom. The molecule has 0 saturated heterocycles. The first-order chi connectivity index (χ1) is 7.11. The minimum atomic E-state index is -0.321. The first kappa shape index (κ1) is 11.5. The van der Waals surface area contributed by atoms with E-state index in [1.807, 2.05) is 11.9 Å². The van der Waals surface area contributed by atoms with Crippen molar-refractivity contribution in [3.05, 3.63) is 29.6 Å². The van der Waals surface area contributed by atoms with E-state index in [4.69, 9.17) is 11.0 Å². The molecule has 0 aliphatic carbocycles. The summed E-state index contributed by atoms with van der Waals surface area (Å²) in [5.74, 6) is -0.321. The third-order valence-electron chi connectivity index (χ3n) is 2.04. The number of anilines is 1. The van der Waals surface area contributed by atoms with E-state index in [1.54, 1.807) is 6.07 Å². The van der Waals surface area contributed by atoms with Crippen molar-refractivity contribution in [2.45, 2.75) is 13.0 Å². The third-order valence-corrected chi connectivity index (χ3v) is 2.04. The van der Waals surface area contributed by atoms with Crippen molar-refractivity contribution < 1.29 is 4.39 Å². The summed E-state index contributed by atoms with van der Waals surface area (Å²) in [6, 6.07) is 6.56. The summed E-state index contributed by atoms with van der Waals surface area (Å²) in [6.07, 6.45) is 0.474. The molecule has 1 aromatic carbocycles. The summed E-state index contributed by atoms with van der Waals surface area (Å²) in [5, 5.41) is 8.41. The molecule has 3 nitrogen and oxygen atoms in total. The van der Waals surface area contributed by atoms with Crippen LogP contribution >= 0.6 is 0 Å². The fraction of sp³-hybridized carbons (Fsp3) is 0.364. The molecule has 1 rings (SSSR count). The SMILES string of the molecule is CN(CCC#N)Cc1cc(N)cc(F)c1. The van der Waals surface area contributed by atoms with Crippen LogP contribution in [0.15, 0.2) is 18.2 Å². The Kier molecular flexibility index (Phi) is 4.07. The Hall–Kier alpha value is -1.60. The molecule has 1 aromatic rings. The molecule has 15 heavy (non-hydrogen) atoms. The van der Waals surface area contributed by atoms with E-state index >= 15 is 0 Å². The smallest absolute Gasteiger partial charge is 0.125 e. The predicted octanol–water partition coefficient (Wildman–Crippen LogP) is 1.75. The Bertz CT molecular complexity index is 350. The average Bonchev–Trinajstić information content (AvgIpc) is 2.13. The Morgan fingerprint density at radius 3 is 2.80 bits per heavy atom. The molecule has 0 spiro atoms. The maximum absolute atomic E-state index is 13.0. The predicted molar refractivity (Wildman–Crippen MR) is 57.4 cm³/mol.